The van der Waals surface area contributed by atoms with Crippen LogP contribution in [0.5, 0.6) is 0 Å². The molecule has 1 amide bonds. The third kappa shape index (κ3) is 3.03. The van der Waals surface area contributed by atoms with Gasteiger partial charge in [0.05, 0.1) is 13.1 Å². The third-order valence-corrected chi connectivity index (χ3v) is 2.53. The number of halogens is 1. The van der Waals surface area contributed by atoms with Gasteiger partial charge in [0.2, 0.25) is 0 Å². The molecule has 0 aromatic heterocycles. The number of ether oxygens (including phenoxy) is 1. The van der Waals surface area contributed by atoms with E-state index in [1.165, 1.54) is 17.0 Å². The summed E-state index contributed by atoms with van der Waals surface area (Å²) in [6, 6.07) is 5.75. The number of hydrogen-bond acceptors (Lipinski definition) is 3. The fourth-order valence-electron chi connectivity index (χ4n) is 1.67. The second kappa shape index (κ2) is 4.95. The maximum Gasteiger partial charge on any atom is 0.410 e. The van der Waals surface area contributed by atoms with E-state index < -0.39 is 6.09 Å². The smallest absolute Gasteiger partial charge is 0.410 e. The van der Waals surface area contributed by atoms with Crippen molar-refractivity contribution in [3.63, 3.8) is 0 Å². The van der Waals surface area contributed by atoms with Crippen molar-refractivity contribution >= 4 is 11.9 Å². The van der Waals surface area contributed by atoms with E-state index in [0.717, 1.165) is 5.56 Å². The average molecular weight is 237 g/mol. The van der Waals surface area contributed by atoms with Gasteiger partial charge in [-0.05, 0) is 17.7 Å². The van der Waals surface area contributed by atoms with Crippen LogP contribution in [-0.4, -0.2) is 36.5 Å². The van der Waals surface area contributed by atoms with Gasteiger partial charge in [0.15, 0.2) is 5.78 Å². The molecule has 0 unspecified atom stereocenters. The fourth-order valence-corrected chi connectivity index (χ4v) is 1.67. The van der Waals surface area contributed by atoms with Crippen molar-refractivity contribution in [3.8, 4) is 0 Å². The molecular formula is C12H12FNO3. The third-order valence-electron chi connectivity index (χ3n) is 2.53. The summed E-state index contributed by atoms with van der Waals surface area (Å²) in [5.74, 6) is -0.417. The van der Waals surface area contributed by atoms with E-state index in [4.69, 9.17) is 4.74 Å². The van der Waals surface area contributed by atoms with Crippen molar-refractivity contribution in [1.82, 2.24) is 4.90 Å². The Kier molecular flexibility index (Phi) is 3.37. The van der Waals surface area contributed by atoms with Crippen LogP contribution in [0.25, 0.3) is 0 Å². The Morgan fingerprint density at radius 3 is 2.65 bits per heavy atom. The minimum Gasteiger partial charge on any atom is -0.448 e. The number of rotatable bonds is 4. The molecule has 1 aliphatic heterocycles. The highest BCUT2D eigenvalue weighted by Crippen LogP contribution is 2.07. The molecule has 0 spiro atoms. The van der Waals surface area contributed by atoms with Gasteiger partial charge in [0.25, 0.3) is 0 Å². The molecule has 5 heteroatoms. The van der Waals surface area contributed by atoms with Crippen molar-refractivity contribution < 1.29 is 18.7 Å². The first-order valence-corrected chi connectivity index (χ1v) is 5.33. The van der Waals surface area contributed by atoms with Crippen LogP contribution < -0.4 is 0 Å². The molecule has 1 heterocycles. The molecule has 1 saturated heterocycles. The predicted octanol–water partition coefficient (Wildman–Crippen LogP) is 1.39. The summed E-state index contributed by atoms with van der Waals surface area (Å²) in [5, 5.41) is 0. The van der Waals surface area contributed by atoms with Crippen LogP contribution in [0.1, 0.15) is 5.56 Å². The molecule has 4 nitrogen and oxygen atoms in total. The van der Waals surface area contributed by atoms with E-state index in [1.807, 2.05) is 0 Å². The topological polar surface area (TPSA) is 46.6 Å². The van der Waals surface area contributed by atoms with E-state index >= 15 is 0 Å². The number of benzene rings is 1. The van der Waals surface area contributed by atoms with E-state index in [1.54, 1.807) is 12.1 Å². The summed E-state index contributed by atoms with van der Waals surface area (Å²) in [6.07, 6.45) is -0.248. The summed E-state index contributed by atoms with van der Waals surface area (Å²) < 4.78 is 17.4. The van der Waals surface area contributed by atoms with Crippen molar-refractivity contribution in [2.24, 2.45) is 0 Å². The number of Topliss-reactive ketones (excluding diaryl/α,β-unsaturated/α-hetero) is 1. The highest BCUT2D eigenvalue weighted by Gasteiger charge is 2.23. The molecule has 1 aromatic carbocycles. The molecule has 0 aliphatic carbocycles. The number of hydrogen-bond donors (Lipinski definition) is 0. The Balaban J connectivity index is 1.88. The molecule has 0 radical (unpaired) electrons. The van der Waals surface area contributed by atoms with Crippen molar-refractivity contribution in [3.05, 3.63) is 35.6 Å². The Bertz CT molecular complexity index is 430. The SMILES string of the molecule is O=C(Cc1ccc(F)cc1)CN1CCOC1=O. The fraction of sp³-hybridized carbons (Fsp3) is 0.333. The number of ketones is 1. The first kappa shape index (κ1) is 11.6. The minimum absolute atomic E-state index is 0.0518. The average Bonchev–Trinajstić information content (AvgIpc) is 2.68. The first-order chi connectivity index (χ1) is 8.15. The lowest BCUT2D eigenvalue weighted by atomic mass is 10.1. The van der Waals surface area contributed by atoms with Crippen molar-refractivity contribution in [2.75, 3.05) is 19.7 Å². The molecule has 0 saturated carbocycles. The Labute approximate surface area is 98.0 Å². The summed E-state index contributed by atoms with van der Waals surface area (Å²) >= 11 is 0. The summed E-state index contributed by atoms with van der Waals surface area (Å²) in [4.78, 5) is 24.1. The highest BCUT2D eigenvalue weighted by molar-refractivity contribution is 5.86. The normalized spacial score (nSPS) is 14.9. The van der Waals surface area contributed by atoms with Gasteiger partial charge in [-0.15, -0.1) is 0 Å². The van der Waals surface area contributed by atoms with Gasteiger partial charge in [0, 0.05) is 6.42 Å². The Morgan fingerprint density at radius 1 is 1.35 bits per heavy atom. The zero-order valence-corrected chi connectivity index (χ0v) is 9.19. The van der Waals surface area contributed by atoms with E-state index in [2.05, 4.69) is 0 Å². The second-order valence-corrected chi connectivity index (χ2v) is 3.88. The highest BCUT2D eigenvalue weighted by atomic mass is 19.1. The van der Waals surface area contributed by atoms with E-state index in [9.17, 15) is 14.0 Å². The molecular weight excluding hydrogens is 225 g/mol. The van der Waals surface area contributed by atoms with Crippen molar-refractivity contribution in [2.45, 2.75) is 6.42 Å². The monoisotopic (exact) mass is 237 g/mol. The van der Waals surface area contributed by atoms with Crippen LogP contribution in [0.3, 0.4) is 0 Å². The number of cyclic esters (lactones) is 1. The number of amides is 1. The second-order valence-electron chi connectivity index (χ2n) is 3.88. The largest absolute Gasteiger partial charge is 0.448 e. The maximum absolute atomic E-state index is 12.6. The maximum atomic E-state index is 12.6. The lowest BCUT2D eigenvalue weighted by molar-refractivity contribution is -0.118. The zero-order valence-electron chi connectivity index (χ0n) is 9.19. The van der Waals surface area contributed by atoms with E-state index in [-0.39, 0.29) is 24.6 Å². The lowest BCUT2D eigenvalue weighted by Gasteiger charge is -2.11. The Morgan fingerprint density at radius 2 is 2.06 bits per heavy atom. The summed E-state index contributed by atoms with van der Waals surface area (Å²) in [5.41, 5.74) is 0.740. The van der Waals surface area contributed by atoms with Gasteiger partial charge in [-0.1, -0.05) is 12.1 Å². The molecule has 17 heavy (non-hydrogen) atoms. The Hall–Kier alpha value is -1.91. The van der Waals surface area contributed by atoms with Crippen LogP contribution in [0, 0.1) is 5.82 Å². The molecule has 0 N–H and O–H groups in total. The van der Waals surface area contributed by atoms with Crippen LogP contribution >= 0.6 is 0 Å². The lowest BCUT2D eigenvalue weighted by Crippen LogP contribution is -2.31. The van der Waals surface area contributed by atoms with Crippen LogP contribution in [0.15, 0.2) is 24.3 Å². The standard InChI is InChI=1S/C12H12FNO3/c13-10-3-1-9(2-4-10)7-11(15)8-14-5-6-17-12(14)16/h1-4H,5-8H2. The van der Waals surface area contributed by atoms with Crippen molar-refractivity contribution in [1.29, 1.82) is 0 Å². The summed E-state index contributed by atoms with van der Waals surface area (Å²) in [7, 11) is 0. The van der Waals surface area contributed by atoms with Gasteiger partial charge < -0.3 is 4.74 Å². The van der Waals surface area contributed by atoms with Crippen LogP contribution in [0.4, 0.5) is 9.18 Å². The number of carbonyl (C=O) groups is 2. The molecule has 0 bridgehead atoms. The number of carbonyl (C=O) groups excluding carboxylic acids is 2. The molecule has 2 rings (SSSR count). The molecule has 1 fully saturated rings. The van der Waals surface area contributed by atoms with Gasteiger partial charge >= 0.3 is 6.09 Å². The summed E-state index contributed by atoms with van der Waals surface area (Å²) in [6.45, 7) is 0.840. The van der Waals surface area contributed by atoms with Gasteiger partial charge in [-0.2, -0.15) is 0 Å². The quantitative estimate of drug-likeness (QED) is 0.795. The van der Waals surface area contributed by atoms with Crippen LogP contribution in [-0.2, 0) is 16.0 Å². The molecule has 0 atom stereocenters. The van der Waals surface area contributed by atoms with Gasteiger partial charge in [-0.25, -0.2) is 9.18 Å². The molecule has 1 aliphatic rings. The minimum atomic E-state index is -0.447. The van der Waals surface area contributed by atoms with E-state index in [0.29, 0.717) is 13.2 Å². The van der Waals surface area contributed by atoms with Gasteiger partial charge in [-0.3, -0.25) is 9.69 Å². The first-order valence-electron chi connectivity index (χ1n) is 5.33. The number of nitrogens with zero attached hydrogens (tertiary/aromatic N) is 1. The van der Waals surface area contributed by atoms with Crippen LogP contribution in [0.2, 0.25) is 0 Å². The van der Waals surface area contributed by atoms with Gasteiger partial charge in [0.1, 0.15) is 12.4 Å². The molecule has 90 valence electrons. The predicted molar refractivity (Wildman–Crippen MR) is 58.0 cm³/mol. The zero-order chi connectivity index (χ0) is 12.3. The molecule has 1 aromatic rings.